The van der Waals surface area contributed by atoms with Gasteiger partial charge < -0.3 is 25.4 Å². The predicted octanol–water partition coefficient (Wildman–Crippen LogP) is 1.02. The largest absolute Gasteiger partial charge is 0.494 e. The van der Waals surface area contributed by atoms with Gasteiger partial charge in [-0.2, -0.15) is 0 Å². The Morgan fingerprint density at radius 3 is 2.53 bits per heavy atom. The lowest BCUT2D eigenvalue weighted by molar-refractivity contribution is -0.159. The molecule has 4 N–H and O–H groups in total. The zero-order valence-electron chi connectivity index (χ0n) is 17.4. The summed E-state index contributed by atoms with van der Waals surface area (Å²) in [6.07, 6.45) is 1.72. The second kappa shape index (κ2) is 10.4. The number of aromatic nitrogens is 1. The molecule has 0 saturated carbocycles. The third-order valence-corrected chi connectivity index (χ3v) is 5.12. The van der Waals surface area contributed by atoms with Gasteiger partial charge in [0.05, 0.1) is 24.8 Å². The maximum absolute atomic E-state index is 12.7. The monoisotopic (exact) mass is 439 g/mol. The molecule has 0 spiro atoms. The Balaban J connectivity index is 1.53. The van der Waals surface area contributed by atoms with Gasteiger partial charge in [0, 0.05) is 31.4 Å². The van der Waals surface area contributed by atoms with Crippen LogP contribution in [-0.2, 0) is 14.4 Å². The van der Waals surface area contributed by atoms with Crippen LogP contribution in [0.5, 0.6) is 5.75 Å². The molecule has 1 aromatic carbocycles. The lowest BCUT2D eigenvalue weighted by Crippen LogP contribution is -2.55. The minimum Gasteiger partial charge on any atom is -0.494 e. The number of rotatable bonds is 10. The Hall–Kier alpha value is -3.95. The first-order valence-electron chi connectivity index (χ1n) is 10.2. The van der Waals surface area contributed by atoms with E-state index >= 15 is 0 Å². The van der Waals surface area contributed by atoms with Gasteiger partial charge in [0.1, 0.15) is 11.6 Å². The van der Waals surface area contributed by atoms with Gasteiger partial charge in [-0.3, -0.25) is 24.8 Å². The highest BCUT2D eigenvalue weighted by Gasteiger charge is 2.38. The molecular weight excluding hydrogens is 414 g/mol. The molecule has 1 saturated heterocycles. The van der Waals surface area contributed by atoms with Gasteiger partial charge in [-0.25, -0.2) is 0 Å². The van der Waals surface area contributed by atoms with Crippen LogP contribution < -0.4 is 10.5 Å². The molecular formula is C22H25N5O5. The summed E-state index contributed by atoms with van der Waals surface area (Å²) in [4.78, 5) is 43.6. The van der Waals surface area contributed by atoms with E-state index in [4.69, 9.17) is 15.9 Å². The molecule has 3 rings (SSSR count). The summed E-state index contributed by atoms with van der Waals surface area (Å²) in [6, 6.07) is 11.1. The topological polar surface area (TPSA) is 150 Å². The van der Waals surface area contributed by atoms with Gasteiger partial charge >= 0.3 is 17.8 Å². The number of amidine groups is 1. The van der Waals surface area contributed by atoms with Gasteiger partial charge in [-0.1, -0.05) is 6.07 Å². The molecule has 1 aliphatic rings. The van der Waals surface area contributed by atoms with Crippen molar-refractivity contribution in [3.05, 3.63) is 59.9 Å². The number of nitrogens with one attached hydrogen (secondary N) is 1. The number of nitrogens with two attached hydrogens (primary N) is 1. The number of carbonyl (C=O) groups excluding carboxylic acids is 2. The Bertz CT molecular complexity index is 980. The fourth-order valence-corrected chi connectivity index (χ4v) is 3.49. The van der Waals surface area contributed by atoms with Crippen LogP contribution in [0.2, 0.25) is 0 Å². The molecule has 0 aliphatic carbocycles. The number of ether oxygens (including phenoxy) is 1. The fraction of sp³-hybridized carbons (Fsp3) is 0.318. The average Bonchev–Trinajstić information content (AvgIpc) is 2.79. The van der Waals surface area contributed by atoms with E-state index in [2.05, 4.69) is 4.98 Å². The van der Waals surface area contributed by atoms with Crippen LogP contribution in [-0.4, -0.2) is 69.8 Å². The highest BCUT2D eigenvalue weighted by atomic mass is 16.5. The van der Waals surface area contributed by atoms with Gasteiger partial charge in [0.25, 0.3) is 0 Å². The first kappa shape index (κ1) is 22.7. The lowest BCUT2D eigenvalue weighted by Gasteiger charge is -2.37. The second-order valence-electron chi connectivity index (χ2n) is 7.30. The van der Waals surface area contributed by atoms with Crippen LogP contribution in [0, 0.1) is 5.41 Å². The van der Waals surface area contributed by atoms with Crippen molar-refractivity contribution in [3.8, 4) is 5.75 Å². The summed E-state index contributed by atoms with van der Waals surface area (Å²) in [6.45, 7) is 1.22. The summed E-state index contributed by atoms with van der Waals surface area (Å²) >= 11 is 0. The zero-order valence-corrected chi connectivity index (χ0v) is 17.4. The number of carboxylic acids is 1. The Kier molecular flexibility index (Phi) is 7.37. The van der Waals surface area contributed by atoms with E-state index in [1.165, 1.54) is 16.0 Å². The number of amides is 2. The maximum Gasteiger partial charge on any atom is 0.312 e. The van der Waals surface area contributed by atoms with E-state index in [0.717, 1.165) is 0 Å². The van der Waals surface area contributed by atoms with Crippen molar-refractivity contribution in [1.29, 1.82) is 5.41 Å². The van der Waals surface area contributed by atoms with E-state index in [1.807, 2.05) is 0 Å². The molecule has 1 aromatic heterocycles. The molecule has 10 heteroatoms. The second-order valence-corrected chi connectivity index (χ2v) is 7.30. The molecule has 168 valence electrons. The normalized spacial score (nSPS) is 14.9. The molecule has 2 aromatic rings. The maximum atomic E-state index is 12.7. The predicted molar refractivity (Wildman–Crippen MR) is 115 cm³/mol. The SMILES string of the molecule is N=C(N)c1ccc(OCCCN2CCN(C(CC(=O)O)c3ccccn3)C(=O)C2=O)cc1. The van der Waals surface area contributed by atoms with Crippen LogP contribution in [0.1, 0.15) is 30.1 Å². The van der Waals surface area contributed by atoms with Crippen LogP contribution >= 0.6 is 0 Å². The lowest BCUT2D eigenvalue weighted by atomic mass is 10.1. The molecule has 1 aliphatic heterocycles. The number of benzene rings is 1. The highest BCUT2D eigenvalue weighted by molar-refractivity contribution is 6.35. The number of piperazine rings is 1. The number of aliphatic carboxylic acids is 1. The van der Waals surface area contributed by atoms with Crippen LogP contribution in [0.4, 0.5) is 0 Å². The van der Waals surface area contributed by atoms with Gasteiger partial charge in [-0.05, 0) is 42.8 Å². The number of hydrogen-bond donors (Lipinski definition) is 3. The molecule has 2 amide bonds. The Labute approximate surface area is 185 Å². The average molecular weight is 439 g/mol. The van der Waals surface area contributed by atoms with Crippen molar-refractivity contribution in [2.45, 2.75) is 18.9 Å². The Morgan fingerprint density at radius 1 is 1.16 bits per heavy atom. The van der Waals surface area contributed by atoms with Gasteiger partial charge in [0.15, 0.2) is 0 Å². The number of carbonyl (C=O) groups is 3. The fourth-order valence-electron chi connectivity index (χ4n) is 3.49. The standard InChI is InChI=1S/C22H25N5O5/c23-20(24)15-5-7-16(8-6-15)32-13-3-10-26-11-12-27(22(31)21(26)30)18(14-19(28)29)17-4-1-2-9-25-17/h1-2,4-9,18H,3,10-14H2,(H3,23,24)(H,28,29). The molecule has 10 nitrogen and oxygen atoms in total. The third kappa shape index (κ3) is 5.60. The van der Waals surface area contributed by atoms with Crippen molar-refractivity contribution in [2.24, 2.45) is 5.73 Å². The number of nitrogens with zero attached hydrogens (tertiary/aromatic N) is 3. The molecule has 1 unspecified atom stereocenters. The molecule has 0 radical (unpaired) electrons. The summed E-state index contributed by atoms with van der Waals surface area (Å²) in [5, 5.41) is 16.6. The molecule has 0 bridgehead atoms. The smallest absolute Gasteiger partial charge is 0.312 e. The van der Waals surface area contributed by atoms with E-state index in [-0.39, 0.29) is 18.8 Å². The van der Waals surface area contributed by atoms with E-state index in [1.54, 1.807) is 42.5 Å². The van der Waals surface area contributed by atoms with E-state index in [0.29, 0.717) is 43.1 Å². The number of hydrogen-bond acceptors (Lipinski definition) is 6. The summed E-state index contributed by atoms with van der Waals surface area (Å²) in [5.74, 6) is -1.86. The first-order valence-corrected chi connectivity index (χ1v) is 10.2. The van der Waals surface area contributed by atoms with Crippen molar-refractivity contribution in [1.82, 2.24) is 14.8 Å². The van der Waals surface area contributed by atoms with Crippen LogP contribution in [0.25, 0.3) is 0 Å². The molecule has 1 atom stereocenters. The summed E-state index contributed by atoms with van der Waals surface area (Å²) < 4.78 is 5.64. The minimum atomic E-state index is -1.07. The van der Waals surface area contributed by atoms with E-state index < -0.39 is 23.8 Å². The first-order chi connectivity index (χ1) is 15.4. The number of nitrogen functional groups attached to an aromatic ring is 1. The highest BCUT2D eigenvalue weighted by Crippen LogP contribution is 2.25. The molecule has 2 heterocycles. The molecule has 32 heavy (non-hydrogen) atoms. The molecule has 1 fully saturated rings. The third-order valence-electron chi connectivity index (χ3n) is 5.12. The van der Waals surface area contributed by atoms with Crippen molar-refractivity contribution in [2.75, 3.05) is 26.2 Å². The van der Waals surface area contributed by atoms with E-state index in [9.17, 15) is 19.5 Å². The van der Waals surface area contributed by atoms with Crippen molar-refractivity contribution >= 4 is 23.6 Å². The number of carboxylic acid groups (broad SMARTS) is 1. The van der Waals surface area contributed by atoms with Crippen molar-refractivity contribution < 1.29 is 24.2 Å². The number of pyridine rings is 1. The summed E-state index contributed by atoms with van der Waals surface area (Å²) in [7, 11) is 0. The Morgan fingerprint density at radius 2 is 1.91 bits per heavy atom. The quantitative estimate of drug-likeness (QED) is 0.216. The zero-order chi connectivity index (χ0) is 23.1. The van der Waals surface area contributed by atoms with Gasteiger partial charge in [0.2, 0.25) is 0 Å². The minimum absolute atomic E-state index is 0.0208. The van der Waals surface area contributed by atoms with Crippen LogP contribution in [0.15, 0.2) is 48.7 Å². The van der Waals surface area contributed by atoms with Gasteiger partial charge in [-0.15, -0.1) is 0 Å². The van der Waals surface area contributed by atoms with Crippen molar-refractivity contribution in [3.63, 3.8) is 0 Å². The summed E-state index contributed by atoms with van der Waals surface area (Å²) in [5.41, 5.74) is 6.46. The van der Waals surface area contributed by atoms with Crippen LogP contribution in [0.3, 0.4) is 0 Å².